The summed E-state index contributed by atoms with van der Waals surface area (Å²) in [5, 5.41) is 12.8. The Morgan fingerprint density at radius 1 is 1.32 bits per heavy atom. The van der Waals surface area contributed by atoms with Crippen LogP contribution in [0.15, 0.2) is 24.5 Å². The van der Waals surface area contributed by atoms with Gasteiger partial charge in [-0.2, -0.15) is 10.4 Å². The fourth-order valence-corrected chi connectivity index (χ4v) is 1.56. The Balaban J connectivity index is 2.15. The molecular formula is C13H14N4O2. The van der Waals surface area contributed by atoms with Gasteiger partial charge in [-0.05, 0) is 19.1 Å². The summed E-state index contributed by atoms with van der Waals surface area (Å²) in [6.07, 6.45) is 1.47. The van der Waals surface area contributed by atoms with Gasteiger partial charge in [0.05, 0.1) is 18.2 Å². The Kier molecular flexibility index (Phi) is 3.98. The van der Waals surface area contributed by atoms with E-state index in [0.29, 0.717) is 36.1 Å². The largest absolute Gasteiger partial charge is 0.490 e. The van der Waals surface area contributed by atoms with Crippen molar-refractivity contribution in [3.63, 3.8) is 0 Å². The van der Waals surface area contributed by atoms with E-state index in [9.17, 15) is 0 Å². The molecule has 6 heteroatoms. The summed E-state index contributed by atoms with van der Waals surface area (Å²) < 4.78 is 12.8. The van der Waals surface area contributed by atoms with Crippen molar-refractivity contribution in [2.45, 2.75) is 13.5 Å². The van der Waals surface area contributed by atoms with E-state index < -0.39 is 0 Å². The number of rotatable bonds is 5. The summed E-state index contributed by atoms with van der Waals surface area (Å²) in [7, 11) is 1.80. The predicted molar refractivity (Wildman–Crippen MR) is 67.7 cm³/mol. The van der Waals surface area contributed by atoms with Crippen LogP contribution in [0.3, 0.4) is 0 Å². The molecule has 1 aromatic carbocycles. The fourth-order valence-electron chi connectivity index (χ4n) is 1.56. The SMILES string of the molecule is CCOc1cc(C#N)ccc1OCc1ncnn1C. The molecule has 0 aliphatic carbocycles. The summed E-state index contributed by atoms with van der Waals surface area (Å²) in [4.78, 5) is 4.07. The summed E-state index contributed by atoms with van der Waals surface area (Å²) in [5.41, 5.74) is 0.537. The minimum atomic E-state index is 0.294. The van der Waals surface area contributed by atoms with Crippen molar-refractivity contribution in [1.82, 2.24) is 14.8 Å². The van der Waals surface area contributed by atoms with Crippen LogP contribution in [0.1, 0.15) is 18.3 Å². The molecule has 19 heavy (non-hydrogen) atoms. The zero-order chi connectivity index (χ0) is 13.7. The summed E-state index contributed by atoms with van der Waals surface area (Å²) in [5.74, 6) is 1.86. The van der Waals surface area contributed by atoms with Crippen LogP contribution in [-0.2, 0) is 13.7 Å². The van der Waals surface area contributed by atoms with Gasteiger partial charge in [-0.1, -0.05) is 0 Å². The van der Waals surface area contributed by atoms with Gasteiger partial charge in [0.1, 0.15) is 12.9 Å². The molecule has 2 aromatic rings. The molecule has 0 aliphatic rings. The maximum atomic E-state index is 8.87. The molecule has 0 aliphatic heterocycles. The molecule has 0 spiro atoms. The number of hydrogen-bond donors (Lipinski definition) is 0. The first-order valence-corrected chi connectivity index (χ1v) is 5.87. The number of ether oxygens (including phenoxy) is 2. The Bertz CT molecular complexity index is 601. The van der Waals surface area contributed by atoms with E-state index in [1.807, 2.05) is 6.92 Å². The second-order valence-corrected chi connectivity index (χ2v) is 3.79. The molecule has 1 aromatic heterocycles. The summed E-state index contributed by atoms with van der Waals surface area (Å²) >= 11 is 0. The monoisotopic (exact) mass is 258 g/mol. The van der Waals surface area contributed by atoms with Crippen molar-refractivity contribution in [3.8, 4) is 17.6 Å². The van der Waals surface area contributed by atoms with Gasteiger partial charge in [0.25, 0.3) is 0 Å². The number of aromatic nitrogens is 3. The van der Waals surface area contributed by atoms with Crippen LogP contribution in [-0.4, -0.2) is 21.4 Å². The van der Waals surface area contributed by atoms with Crippen molar-refractivity contribution < 1.29 is 9.47 Å². The summed E-state index contributed by atoms with van der Waals surface area (Å²) in [6, 6.07) is 7.14. The van der Waals surface area contributed by atoms with E-state index >= 15 is 0 Å². The van der Waals surface area contributed by atoms with Gasteiger partial charge in [0.15, 0.2) is 17.3 Å². The third-order valence-corrected chi connectivity index (χ3v) is 2.53. The van der Waals surface area contributed by atoms with Gasteiger partial charge >= 0.3 is 0 Å². The molecule has 98 valence electrons. The smallest absolute Gasteiger partial charge is 0.164 e. The van der Waals surface area contributed by atoms with Gasteiger partial charge in [-0.15, -0.1) is 0 Å². The molecule has 0 N–H and O–H groups in total. The second kappa shape index (κ2) is 5.87. The van der Waals surface area contributed by atoms with E-state index in [2.05, 4.69) is 16.2 Å². The lowest BCUT2D eigenvalue weighted by Gasteiger charge is -2.11. The van der Waals surface area contributed by atoms with Crippen LogP contribution < -0.4 is 9.47 Å². The first-order valence-electron chi connectivity index (χ1n) is 5.87. The van der Waals surface area contributed by atoms with Crippen LogP contribution in [0.5, 0.6) is 11.5 Å². The van der Waals surface area contributed by atoms with Crippen LogP contribution in [0.25, 0.3) is 0 Å². The predicted octanol–water partition coefficient (Wildman–Crippen LogP) is 1.66. The number of nitriles is 1. The lowest BCUT2D eigenvalue weighted by atomic mass is 10.2. The molecule has 0 saturated carbocycles. The number of aryl methyl sites for hydroxylation is 1. The van der Waals surface area contributed by atoms with Crippen molar-refractivity contribution in [1.29, 1.82) is 5.26 Å². The average molecular weight is 258 g/mol. The van der Waals surface area contributed by atoms with E-state index in [4.69, 9.17) is 14.7 Å². The van der Waals surface area contributed by atoms with E-state index in [1.165, 1.54) is 6.33 Å². The average Bonchev–Trinajstić information content (AvgIpc) is 2.83. The maximum absolute atomic E-state index is 8.87. The number of nitrogens with zero attached hydrogens (tertiary/aromatic N) is 4. The van der Waals surface area contributed by atoms with Gasteiger partial charge < -0.3 is 9.47 Å². The van der Waals surface area contributed by atoms with Gasteiger partial charge in [-0.3, -0.25) is 4.68 Å². The van der Waals surface area contributed by atoms with Crippen LogP contribution in [0, 0.1) is 11.3 Å². The lowest BCUT2D eigenvalue weighted by Crippen LogP contribution is -2.05. The molecule has 0 bridgehead atoms. The highest BCUT2D eigenvalue weighted by molar-refractivity contribution is 5.46. The normalized spacial score (nSPS) is 9.95. The molecule has 0 fully saturated rings. The zero-order valence-corrected chi connectivity index (χ0v) is 10.8. The standard InChI is InChI=1S/C13H14N4O2/c1-3-18-12-6-10(7-14)4-5-11(12)19-8-13-15-9-16-17(13)2/h4-6,9H,3,8H2,1-2H3. The maximum Gasteiger partial charge on any atom is 0.164 e. The molecular weight excluding hydrogens is 244 g/mol. The van der Waals surface area contributed by atoms with Gasteiger partial charge in [0.2, 0.25) is 0 Å². The fraction of sp³-hybridized carbons (Fsp3) is 0.308. The van der Waals surface area contributed by atoms with E-state index in [1.54, 1.807) is 29.9 Å². The molecule has 0 amide bonds. The topological polar surface area (TPSA) is 73.0 Å². The highest BCUT2D eigenvalue weighted by Crippen LogP contribution is 2.28. The van der Waals surface area contributed by atoms with Crippen LogP contribution >= 0.6 is 0 Å². The number of hydrogen-bond acceptors (Lipinski definition) is 5. The first kappa shape index (κ1) is 12.9. The van der Waals surface area contributed by atoms with E-state index in [0.717, 1.165) is 0 Å². The third-order valence-electron chi connectivity index (χ3n) is 2.53. The highest BCUT2D eigenvalue weighted by atomic mass is 16.5. The first-order chi connectivity index (χ1) is 9.24. The summed E-state index contributed by atoms with van der Waals surface area (Å²) in [6.45, 7) is 2.68. The van der Waals surface area contributed by atoms with Crippen LogP contribution in [0.4, 0.5) is 0 Å². The third kappa shape index (κ3) is 3.01. The Morgan fingerprint density at radius 3 is 2.79 bits per heavy atom. The van der Waals surface area contributed by atoms with Crippen molar-refractivity contribution >= 4 is 0 Å². The molecule has 0 atom stereocenters. The zero-order valence-electron chi connectivity index (χ0n) is 10.8. The van der Waals surface area contributed by atoms with Crippen LogP contribution in [0.2, 0.25) is 0 Å². The van der Waals surface area contributed by atoms with E-state index in [-0.39, 0.29) is 0 Å². The molecule has 6 nitrogen and oxygen atoms in total. The molecule has 0 unspecified atom stereocenters. The van der Waals surface area contributed by atoms with Gasteiger partial charge in [0, 0.05) is 13.1 Å². The van der Waals surface area contributed by atoms with Crippen molar-refractivity contribution in [2.75, 3.05) is 6.61 Å². The minimum Gasteiger partial charge on any atom is -0.490 e. The quantitative estimate of drug-likeness (QED) is 0.815. The van der Waals surface area contributed by atoms with Crippen molar-refractivity contribution in [2.24, 2.45) is 7.05 Å². The van der Waals surface area contributed by atoms with Crippen molar-refractivity contribution in [3.05, 3.63) is 35.9 Å². The number of benzene rings is 1. The molecule has 0 saturated heterocycles. The Labute approximate surface area is 111 Å². The Morgan fingerprint density at radius 2 is 2.16 bits per heavy atom. The molecule has 2 rings (SSSR count). The highest BCUT2D eigenvalue weighted by Gasteiger charge is 2.08. The second-order valence-electron chi connectivity index (χ2n) is 3.79. The Hall–Kier alpha value is -2.55. The lowest BCUT2D eigenvalue weighted by molar-refractivity contribution is 0.259. The molecule has 1 heterocycles. The molecule has 0 radical (unpaired) electrons. The van der Waals surface area contributed by atoms with Gasteiger partial charge in [-0.25, -0.2) is 4.98 Å². The minimum absolute atomic E-state index is 0.294.